The summed E-state index contributed by atoms with van der Waals surface area (Å²) in [5.41, 5.74) is 2.85. The summed E-state index contributed by atoms with van der Waals surface area (Å²) >= 11 is 0. The number of carbonyl (C=O) groups excluding carboxylic acids is 2. The number of amides is 2. The Labute approximate surface area is 191 Å². The van der Waals surface area contributed by atoms with Crippen molar-refractivity contribution < 1.29 is 18.0 Å². The van der Waals surface area contributed by atoms with Crippen molar-refractivity contribution in [2.24, 2.45) is 0 Å². The van der Waals surface area contributed by atoms with E-state index in [-0.39, 0.29) is 23.9 Å². The predicted molar refractivity (Wildman–Crippen MR) is 125 cm³/mol. The lowest BCUT2D eigenvalue weighted by atomic mass is 10.1. The fraction of sp³-hybridized carbons (Fsp3) is 0.417. The molecule has 32 heavy (non-hydrogen) atoms. The van der Waals surface area contributed by atoms with Gasteiger partial charge in [0.25, 0.3) is 0 Å². The van der Waals surface area contributed by atoms with Crippen molar-refractivity contribution in [2.45, 2.75) is 51.6 Å². The molecular formula is C24H33N3O4S. The van der Waals surface area contributed by atoms with Gasteiger partial charge in [-0.3, -0.25) is 9.59 Å². The van der Waals surface area contributed by atoms with E-state index in [0.29, 0.717) is 13.0 Å². The molecule has 2 aromatic carbocycles. The van der Waals surface area contributed by atoms with Gasteiger partial charge in [0.1, 0.15) is 6.04 Å². The molecule has 0 spiro atoms. The van der Waals surface area contributed by atoms with Gasteiger partial charge in [-0.15, -0.1) is 0 Å². The SMILES string of the molecule is CCNC(=O)[C@@H](CC)N(Cc1ccccc1C)C(=O)CN(C)S(=O)(=O)c1ccc(C)cc1. The van der Waals surface area contributed by atoms with Crippen molar-refractivity contribution in [1.29, 1.82) is 0 Å². The summed E-state index contributed by atoms with van der Waals surface area (Å²) in [6, 6.07) is 13.4. The van der Waals surface area contributed by atoms with E-state index in [1.807, 2.05) is 52.0 Å². The Morgan fingerprint density at radius 2 is 1.62 bits per heavy atom. The third-order valence-corrected chi connectivity index (χ3v) is 7.24. The van der Waals surface area contributed by atoms with Crippen LogP contribution >= 0.6 is 0 Å². The molecule has 8 heteroatoms. The maximum atomic E-state index is 13.4. The van der Waals surface area contributed by atoms with Crippen molar-refractivity contribution >= 4 is 21.8 Å². The van der Waals surface area contributed by atoms with E-state index in [0.717, 1.165) is 21.0 Å². The molecule has 0 fully saturated rings. The number of carbonyl (C=O) groups is 2. The number of hydrogen-bond donors (Lipinski definition) is 1. The van der Waals surface area contributed by atoms with Gasteiger partial charge in [0.2, 0.25) is 21.8 Å². The van der Waals surface area contributed by atoms with Crippen LogP contribution in [0, 0.1) is 13.8 Å². The molecule has 0 unspecified atom stereocenters. The average molecular weight is 460 g/mol. The standard InChI is InChI=1S/C24H33N3O4S/c1-6-22(24(29)25-7-2)27(16-20-11-9-8-10-19(20)4)23(28)17-26(5)32(30,31)21-14-12-18(3)13-15-21/h8-15,22H,6-7,16-17H2,1-5H3,(H,25,29)/t22-/m1/s1. The topological polar surface area (TPSA) is 86.8 Å². The second kappa shape index (κ2) is 11.2. The summed E-state index contributed by atoms with van der Waals surface area (Å²) in [6.07, 6.45) is 0.415. The second-order valence-corrected chi connectivity index (χ2v) is 9.89. The van der Waals surface area contributed by atoms with E-state index in [9.17, 15) is 18.0 Å². The highest BCUT2D eigenvalue weighted by Gasteiger charge is 2.31. The maximum absolute atomic E-state index is 13.4. The first-order chi connectivity index (χ1) is 15.1. The molecule has 0 saturated carbocycles. The van der Waals surface area contributed by atoms with E-state index in [2.05, 4.69) is 5.32 Å². The normalized spacial score (nSPS) is 12.4. The van der Waals surface area contributed by atoms with Gasteiger partial charge in [0, 0.05) is 20.1 Å². The molecule has 0 aromatic heterocycles. The maximum Gasteiger partial charge on any atom is 0.243 e. The number of nitrogens with one attached hydrogen (secondary N) is 1. The van der Waals surface area contributed by atoms with Gasteiger partial charge in [-0.1, -0.05) is 48.9 Å². The number of aryl methyl sites for hydroxylation is 2. The predicted octanol–water partition coefficient (Wildman–Crippen LogP) is 2.87. The highest BCUT2D eigenvalue weighted by atomic mass is 32.2. The molecule has 7 nitrogen and oxygen atoms in total. The zero-order valence-corrected chi connectivity index (χ0v) is 20.3. The lowest BCUT2D eigenvalue weighted by Crippen LogP contribution is -2.51. The van der Waals surface area contributed by atoms with E-state index in [1.165, 1.54) is 24.1 Å². The minimum Gasteiger partial charge on any atom is -0.355 e. The molecule has 174 valence electrons. The zero-order valence-electron chi connectivity index (χ0n) is 19.5. The summed E-state index contributed by atoms with van der Waals surface area (Å²) in [5, 5.41) is 2.78. The molecule has 2 aromatic rings. The molecular weight excluding hydrogens is 426 g/mol. The number of benzene rings is 2. The minimum atomic E-state index is -3.84. The Morgan fingerprint density at radius 1 is 1.00 bits per heavy atom. The molecule has 2 amide bonds. The summed E-state index contributed by atoms with van der Waals surface area (Å²) in [4.78, 5) is 27.7. The highest BCUT2D eigenvalue weighted by molar-refractivity contribution is 7.89. The van der Waals surface area contributed by atoms with Crippen LogP contribution in [0.3, 0.4) is 0 Å². The zero-order chi connectivity index (χ0) is 23.9. The highest BCUT2D eigenvalue weighted by Crippen LogP contribution is 2.18. The Bertz CT molecular complexity index is 1040. The van der Waals surface area contributed by atoms with Gasteiger partial charge in [0.05, 0.1) is 11.4 Å². The lowest BCUT2D eigenvalue weighted by Gasteiger charge is -2.32. The van der Waals surface area contributed by atoms with Crippen molar-refractivity contribution in [1.82, 2.24) is 14.5 Å². The van der Waals surface area contributed by atoms with E-state index < -0.39 is 22.0 Å². The lowest BCUT2D eigenvalue weighted by molar-refractivity contribution is -0.141. The number of rotatable bonds is 10. The fourth-order valence-electron chi connectivity index (χ4n) is 3.44. The minimum absolute atomic E-state index is 0.125. The molecule has 0 saturated heterocycles. The smallest absolute Gasteiger partial charge is 0.243 e. The van der Waals surface area contributed by atoms with Crippen LogP contribution < -0.4 is 5.32 Å². The van der Waals surface area contributed by atoms with Crippen LogP contribution in [0.25, 0.3) is 0 Å². The molecule has 1 atom stereocenters. The van der Waals surface area contributed by atoms with Crippen molar-refractivity contribution in [3.05, 3.63) is 65.2 Å². The third-order valence-electron chi connectivity index (χ3n) is 5.43. The van der Waals surface area contributed by atoms with Crippen LogP contribution in [0.15, 0.2) is 53.4 Å². The van der Waals surface area contributed by atoms with Gasteiger partial charge < -0.3 is 10.2 Å². The quantitative estimate of drug-likeness (QED) is 0.592. The van der Waals surface area contributed by atoms with Crippen molar-refractivity contribution in [3.8, 4) is 0 Å². The summed E-state index contributed by atoms with van der Waals surface area (Å²) in [5.74, 6) is -0.675. The van der Waals surface area contributed by atoms with Crippen LogP contribution in [-0.2, 0) is 26.2 Å². The molecule has 0 heterocycles. The second-order valence-electron chi connectivity index (χ2n) is 7.84. The number of likely N-dealkylation sites (N-methyl/N-ethyl adjacent to an activating group) is 2. The summed E-state index contributed by atoms with van der Waals surface area (Å²) in [7, 11) is -2.46. The summed E-state index contributed by atoms with van der Waals surface area (Å²) < 4.78 is 27.0. The molecule has 0 bridgehead atoms. The van der Waals surface area contributed by atoms with Gasteiger partial charge in [-0.25, -0.2) is 8.42 Å². The number of sulfonamides is 1. The van der Waals surface area contributed by atoms with Crippen LogP contribution in [0.4, 0.5) is 0 Å². The first-order valence-electron chi connectivity index (χ1n) is 10.8. The van der Waals surface area contributed by atoms with Crippen molar-refractivity contribution in [3.63, 3.8) is 0 Å². The average Bonchev–Trinajstić information content (AvgIpc) is 2.75. The van der Waals surface area contributed by atoms with Crippen LogP contribution in [-0.4, -0.2) is 55.6 Å². The largest absolute Gasteiger partial charge is 0.355 e. The van der Waals surface area contributed by atoms with Crippen LogP contribution in [0.5, 0.6) is 0 Å². The first-order valence-corrected chi connectivity index (χ1v) is 12.2. The van der Waals surface area contributed by atoms with E-state index in [1.54, 1.807) is 12.1 Å². The van der Waals surface area contributed by atoms with Crippen LogP contribution in [0.2, 0.25) is 0 Å². The van der Waals surface area contributed by atoms with Gasteiger partial charge in [-0.05, 0) is 50.5 Å². The summed E-state index contributed by atoms with van der Waals surface area (Å²) in [6.45, 7) is 7.78. The first kappa shape index (κ1) is 25.5. The molecule has 0 radical (unpaired) electrons. The molecule has 0 aliphatic heterocycles. The van der Waals surface area contributed by atoms with E-state index >= 15 is 0 Å². The fourth-order valence-corrected chi connectivity index (χ4v) is 4.56. The monoisotopic (exact) mass is 459 g/mol. The molecule has 2 rings (SSSR count). The Kier molecular flexibility index (Phi) is 8.98. The van der Waals surface area contributed by atoms with Gasteiger partial charge >= 0.3 is 0 Å². The van der Waals surface area contributed by atoms with Crippen molar-refractivity contribution in [2.75, 3.05) is 20.1 Å². The van der Waals surface area contributed by atoms with Gasteiger partial charge in [-0.2, -0.15) is 4.31 Å². The van der Waals surface area contributed by atoms with Crippen LogP contribution in [0.1, 0.15) is 37.0 Å². The molecule has 1 N–H and O–H groups in total. The molecule has 0 aliphatic carbocycles. The van der Waals surface area contributed by atoms with E-state index in [4.69, 9.17) is 0 Å². The number of hydrogen-bond acceptors (Lipinski definition) is 4. The Balaban J connectivity index is 2.33. The Hall–Kier alpha value is -2.71. The van der Waals surface area contributed by atoms with Gasteiger partial charge in [0.15, 0.2) is 0 Å². The third kappa shape index (κ3) is 6.17. The Morgan fingerprint density at radius 3 is 2.19 bits per heavy atom. The number of nitrogens with zero attached hydrogens (tertiary/aromatic N) is 2. The molecule has 0 aliphatic rings.